The minimum Gasteiger partial charge on any atom is -0.496 e. The summed E-state index contributed by atoms with van der Waals surface area (Å²) in [6.07, 6.45) is -0.130. The van der Waals surface area contributed by atoms with Crippen molar-refractivity contribution in [1.82, 2.24) is 15.3 Å². The summed E-state index contributed by atoms with van der Waals surface area (Å²) in [6.45, 7) is 4.90. The third-order valence-electron chi connectivity index (χ3n) is 4.20. The van der Waals surface area contributed by atoms with Crippen LogP contribution >= 0.6 is 0 Å². The van der Waals surface area contributed by atoms with Gasteiger partial charge in [-0.3, -0.25) is 9.78 Å². The van der Waals surface area contributed by atoms with Gasteiger partial charge in [-0.2, -0.15) is 0 Å². The highest BCUT2D eigenvalue weighted by atomic mass is 16.6. The molecule has 0 unspecified atom stereocenters. The third-order valence-corrected chi connectivity index (χ3v) is 4.20. The number of carboxylic acid groups (broad SMARTS) is 1. The molecule has 0 spiro atoms. The molecule has 2 amide bonds. The molecule has 33 heavy (non-hydrogen) atoms. The van der Waals surface area contributed by atoms with Crippen LogP contribution in [0.4, 0.5) is 10.6 Å². The van der Waals surface area contributed by atoms with Gasteiger partial charge in [-0.1, -0.05) is 6.07 Å². The van der Waals surface area contributed by atoms with Crippen LogP contribution in [-0.4, -0.2) is 58.9 Å². The van der Waals surface area contributed by atoms with Crippen molar-refractivity contribution >= 4 is 23.8 Å². The first kappa shape index (κ1) is 25.2. The standard InChI is InChI=1S/C21H26N4O8/c1-21(2,3)33-20(30)23-12(18(27)28)9-11-10-22-19(29)25-16(11)24-17(26)15-13(31-4)7-6-8-14(15)32-5/h6-8,10,12H,9H2,1-5H3,(H,23,30)(H,27,28)(H2,22,24,25,26,29)/t12-/m0/s1. The number of aromatic amines is 1. The second-order valence-electron chi connectivity index (χ2n) is 7.82. The highest BCUT2D eigenvalue weighted by molar-refractivity contribution is 6.08. The minimum atomic E-state index is -1.43. The lowest BCUT2D eigenvalue weighted by Crippen LogP contribution is -2.45. The van der Waals surface area contributed by atoms with Gasteiger partial charge in [-0.25, -0.2) is 19.4 Å². The normalized spacial score (nSPS) is 11.8. The Morgan fingerprint density at radius 2 is 1.76 bits per heavy atom. The van der Waals surface area contributed by atoms with Crippen molar-refractivity contribution in [2.24, 2.45) is 0 Å². The number of carboxylic acids is 1. The molecule has 0 saturated heterocycles. The van der Waals surface area contributed by atoms with E-state index in [1.54, 1.807) is 39.0 Å². The fourth-order valence-corrected chi connectivity index (χ4v) is 2.81. The number of nitrogens with zero attached hydrogens (tertiary/aromatic N) is 1. The van der Waals surface area contributed by atoms with Gasteiger partial charge >= 0.3 is 17.8 Å². The van der Waals surface area contributed by atoms with E-state index in [1.165, 1.54) is 14.2 Å². The molecule has 12 nitrogen and oxygen atoms in total. The van der Waals surface area contributed by atoms with E-state index in [2.05, 4.69) is 20.6 Å². The van der Waals surface area contributed by atoms with Crippen molar-refractivity contribution in [2.45, 2.75) is 38.8 Å². The van der Waals surface area contributed by atoms with Crippen molar-refractivity contribution < 1.29 is 33.7 Å². The number of hydrogen-bond donors (Lipinski definition) is 4. The third kappa shape index (κ3) is 6.95. The van der Waals surface area contributed by atoms with Gasteiger partial charge in [0.2, 0.25) is 0 Å². The maximum atomic E-state index is 13.0. The summed E-state index contributed by atoms with van der Waals surface area (Å²) in [6, 6.07) is 3.31. The van der Waals surface area contributed by atoms with Crippen molar-refractivity contribution in [3.05, 3.63) is 46.0 Å². The van der Waals surface area contributed by atoms with E-state index in [9.17, 15) is 24.3 Å². The Morgan fingerprint density at radius 1 is 1.15 bits per heavy atom. The van der Waals surface area contributed by atoms with E-state index in [-0.39, 0.29) is 34.9 Å². The highest BCUT2D eigenvalue weighted by Crippen LogP contribution is 2.29. The number of carbonyl (C=O) groups excluding carboxylic acids is 2. The van der Waals surface area contributed by atoms with Gasteiger partial charge < -0.3 is 30.0 Å². The Bertz CT molecular complexity index is 1070. The molecule has 1 aromatic heterocycles. The summed E-state index contributed by atoms with van der Waals surface area (Å²) in [4.78, 5) is 54.5. The van der Waals surface area contributed by atoms with Crippen molar-refractivity contribution in [1.29, 1.82) is 0 Å². The van der Waals surface area contributed by atoms with Crippen LogP contribution in [0, 0.1) is 0 Å². The smallest absolute Gasteiger partial charge is 0.408 e. The molecule has 0 fully saturated rings. The van der Waals surface area contributed by atoms with Crippen LogP contribution in [0.15, 0.2) is 29.2 Å². The topological polar surface area (TPSA) is 169 Å². The lowest BCUT2D eigenvalue weighted by Gasteiger charge is -2.22. The number of anilines is 1. The number of rotatable bonds is 8. The minimum absolute atomic E-state index is 0.0628. The zero-order valence-corrected chi connectivity index (χ0v) is 18.8. The molecule has 0 aliphatic heterocycles. The molecular weight excluding hydrogens is 436 g/mol. The van der Waals surface area contributed by atoms with E-state index in [0.717, 1.165) is 6.20 Å². The van der Waals surface area contributed by atoms with Crippen molar-refractivity contribution in [3.8, 4) is 11.5 Å². The maximum absolute atomic E-state index is 13.0. The molecule has 0 radical (unpaired) electrons. The number of alkyl carbamates (subject to hydrolysis) is 1. The Labute approximate surface area is 189 Å². The SMILES string of the molecule is COc1cccc(OC)c1C(=O)Nc1[nH]c(=O)ncc1C[C@H](NC(=O)OC(C)(C)C)C(=O)O. The summed E-state index contributed by atoms with van der Waals surface area (Å²) < 4.78 is 15.5. The summed E-state index contributed by atoms with van der Waals surface area (Å²) in [5.74, 6) is -1.68. The lowest BCUT2D eigenvalue weighted by atomic mass is 10.1. The van der Waals surface area contributed by atoms with Crippen LogP contribution in [0.1, 0.15) is 36.7 Å². The molecule has 0 saturated carbocycles. The maximum Gasteiger partial charge on any atom is 0.408 e. The fourth-order valence-electron chi connectivity index (χ4n) is 2.81. The monoisotopic (exact) mass is 462 g/mol. The molecule has 2 rings (SSSR count). The summed E-state index contributed by atoms with van der Waals surface area (Å²) >= 11 is 0. The van der Waals surface area contributed by atoms with Gasteiger partial charge in [0.1, 0.15) is 34.5 Å². The van der Waals surface area contributed by atoms with Crippen molar-refractivity contribution in [3.63, 3.8) is 0 Å². The average Bonchev–Trinajstić information content (AvgIpc) is 2.72. The molecule has 178 valence electrons. The molecular formula is C21H26N4O8. The molecule has 4 N–H and O–H groups in total. The number of aliphatic carboxylic acids is 1. The number of carbonyl (C=O) groups is 3. The average molecular weight is 462 g/mol. The Balaban J connectivity index is 2.34. The predicted molar refractivity (Wildman–Crippen MR) is 117 cm³/mol. The number of ether oxygens (including phenoxy) is 3. The van der Waals surface area contributed by atoms with Crippen LogP contribution in [0.2, 0.25) is 0 Å². The number of H-pyrrole nitrogens is 1. The van der Waals surface area contributed by atoms with Gasteiger partial charge in [-0.05, 0) is 32.9 Å². The van der Waals surface area contributed by atoms with Gasteiger partial charge in [0.15, 0.2) is 0 Å². The first-order chi connectivity index (χ1) is 15.4. The Kier molecular flexibility index (Phi) is 8.00. The van der Waals surface area contributed by atoms with Gasteiger partial charge in [0.25, 0.3) is 5.91 Å². The molecule has 2 aromatic rings. The molecule has 1 heterocycles. The molecule has 0 aliphatic carbocycles. The number of benzene rings is 1. The summed E-state index contributed by atoms with van der Waals surface area (Å²) in [5.41, 5.74) is -1.39. The fraction of sp³-hybridized carbons (Fsp3) is 0.381. The van der Waals surface area contributed by atoms with Crippen molar-refractivity contribution in [2.75, 3.05) is 19.5 Å². The highest BCUT2D eigenvalue weighted by Gasteiger charge is 2.26. The van der Waals surface area contributed by atoms with E-state index < -0.39 is 35.3 Å². The van der Waals surface area contributed by atoms with Crippen LogP contribution in [0.5, 0.6) is 11.5 Å². The molecule has 1 atom stereocenters. The van der Waals surface area contributed by atoms with Crippen LogP contribution in [0.25, 0.3) is 0 Å². The zero-order valence-electron chi connectivity index (χ0n) is 18.8. The van der Waals surface area contributed by atoms with Gasteiger partial charge in [0.05, 0.1) is 14.2 Å². The number of aromatic nitrogens is 2. The second kappa shape index (κ2) is 10.5. The summed E-state index contributed by atoms with van der Waals surface area (Å²) in [5, 5.41) is 14.3. The van der Waals surface area contributed by atoms with Crippen LogP contribution in [0.3, 0.4) is 0 Å². The lowest BCUT2D eigenvalue weighted by molar-refractivity contribution is -0.139. The van der Waals surface area contributed by atoms with E-state index >= 15 is 0 Å². The molecule has 0 bridgehead atoms. The molecule has 0 aliphatic rings. The first-order valence-corrected chi connectivity index (χ1v) is 9.78. The van der Waals surface area contributed by atoms with E-state index in [4.69, 9.17) is 14.2 Å². The number of hydrogen-bond acceptors (Lipinski definition) is 8. The first-order valence-electron chi connectivity index (χ1n) is 9.78. The molecule has 12 heteroatoms. The largest absolute Gasteiger partial charge is 0.496 e. The van der Waals surface area contributed by atoms with Crippen LogP contribution in [-0.2, 0) is 16.0 Å². The van der Waals surface area contributed by atoms with Gasteiger partial charge in [-0.15, -0.1) is 0 Å². The predicted octanol–water partition coefficient (Wildman–Crippen LogP) is 1.56. The zero-order chi connectivity index (χ0) is 24.8. The van der Waals surface area contributed by atoms with E-state index in [0.29, 0.717) is 0 Å². The number of amides is 2. The van der Waals surface area contributed by atoms with E-state index in [1.807, 2.05) is 0 Å². The molecule has 1 aromatic carbocycles. The Hall–Kier alpha value is -4.09. The quantitative estimate of drug-likeness (QED) is 0.455. The number of nitrogens with one attached hydrogen (secondary N) is 3. The second-order valence-corrected chi connectivity index (χ2v) is 7.82. The Morgan fingerprint density at radius 3 is 2.27 bits per heavy atom. The number of methoxy groups -OCH3 is 2. The van der Waals surface area contributed by atoms with Gasteiger partial charge in [0, 0.05) is 18.2 Å². The van der Waals surface area contributed by atoms with Crippen LogP contribution < -0.4 is 25.8 Å². The summed E-state index contributed by atoms with van der Waals surface area (Å²) in [7, 11) is 2.76.